The van der Waals surface area contributed by atoms with E-state index >= 15 is 0 Å². The molecule has 0 aromatic carbocycles. The van der Waals surface area contributed by atoms with Gasteiger partial charge in [0, 0.05) is 11.8 Å². The van der Waals surface area contributed by atoms with E-state index in [0.717, 1.165) is 0 Å². The number of aliphatic carboxylic acids is 1. The van der Waals surface area contributed by atoms with Crippen LogP contribution in [0.2, 0.25) is 5.02 Å². The third kappa shape index (κ3) is 2.91. The summed E-state index contributed by atoms with van der Waals surface area (Å²) in [5, 5.41) is 13.0. The van der Waals surface area contributed by atoms with Gasteiger partial charge < -0.3 is 5.11 Å². The molecule has 0 spiro atoms. The van der Waals surface area contributed by atoms with Crippen LogP contribution < -0.4 is 0 Å². The summed E-state index contributed by atoms with van der Waals surface area (Å²) < 4.78 is 1.56. The first-order valence-corrected chi connectivity index (χ1v) is 4.05. The second kappa shape index (κ2) is 4.09. The lowest BCUT2D eigenvalue weighted by Crippen LogP contribution is -2.00. The van der Waals surface area contributed by atoms with Crippen LogP contribution in [-0.2, 0) is 11.3 Å². The number of allylic oxidation sites excluding steroid dienone is 1. The van der Waals surface area contributed by atoms with Crippen molar-refractivity contribution in [3.8, 4) is 0 Å². The first-order chi connectivity index (χ1) is 6.09. The van der Waals surface area contributed by atoms with Crippen LogP contribution in [0.25, 0.3) is 0 Å². The first-order valence-electron chi connectivity index (χ1n) is 3.67. The third-order valence-corrected chi connectivity index (χ3v) is 1.72. The fourth-order valence-electron chi connectivity index (χ4n) is 0.756. The number of aromatic nitrogens is 2. The lowest BCUT2D eigenvalue weighted by Gasteiger charge is -1.95. The van der Waals surface area contributed by atoms with E-state index < -0.39 is 5.97 Å². The molecule has 0 aliphatic rings. The van der Waals surface area contributed by atoms with Crippen molar-refractivity contribution in [1.29, 1.82) is 0 Å². The van der Waals surface area contributed by atoms with E-state index in [4.69, 9.17) is 16.7 Å². The van der Waals surface area contributed by atoms with Crippen molar-refractivity contribution >= 4 is 17.6 Å². The van der Waals surface area contributed by atoms with Crippen molar-refractivity contribution in [2.45, 2.75) is 13.5 Å². The Kier molecular flexibility index (Phi) is 3.08. The van der Waals surface area contributed by atoms with Crippen LogP contribution in [0, 0.1) is 0 Å². The zero-order valence-electron chi connectivity index (χ0n) is 7.07. The molecule has 0 aliphatic heterocycles. The van der Waals surface area contributed by atoms with Crippen molar-refractivity contribution in [2.24, 2.45) is 0 Å². The summed E-state index contributed by atoms with van der Waals surface area (Å²) >= 11 is 5.62. The molecule has 1 aromatic rings. The van der Waals surface area contributed by atoms with Gasteiger partial charge in [-0.15, -0.1) is 0 Å². The molecule has 0 aliphatic carbocycles. The third-order valence-electron chi connectivity index (χ3n) is 1.52. The summed E-state index contributed by atoms with van der Waals surface area (Å²) in [6.45, 7) is 1.96. The first kappa shape index (κ1) is 9.80. The van der Waals surface area contributed by atoms with Gasteiger partial charge in [-0.1, -0.05) is 17.7 Å². The number of halogens is 1. The average molecular weight is 201 g/mol. The minimum Gasteiger partial charge on any atom is -0.478 e. The Morgan fingerprint density at radius 2 is 2.54 bits per heavy atom. The molecule has 0 atom stereocenters. The van der Waals surface area contributed by atoms with E-state index in [1.54, 1.807) is 17.0 Å². The molecule has 0 amide bonds. The van der Waals surface area contributed by atoms with Gasteiger partial charge >= 0.3 is 5.97 Å². The van der Waals surface area contributed by atoms with Gasteiger partial charge in [-0.3, -0.25) is 4.68 Å². The maximum Gasteiger partial charge on any atom is 0.331 e. The van der Waals surface area contributed by atoms with Gasteiger partial charge in [0.25, 0.3) is 0 Å². The summed E-state index contributed by atoms with van der Waals surface area (Å²) in [7, 11) is 0. The molecular formula is C8H9ClN2O2. The Labute approximate surface area is 80.4 Å². The van der Waals surface area contributed by atoms with E-state index in [-0.39, 0.29) is 0 Å². The molecule has 0 radical (unpaired) electrons. The Morgan fingerprint density at radius 3 is 3.00 bits per heavy atom. The molecule has 5 heteroatoms. The monoisotopic (exact) mass is 200 g/mol. The van der Waals surface area contributed by atoms with Gasteiger partial charge in [-0.25, -0.2) is 4.79 Å². The minimum absolute atomic E-state index is 0.298. The molecule has 0 bridgehead atoms. The van der Waals surface area contributed by atoms with E-state index in [0.29, 0.717) is 17.1 Å². The average Bonchev–Trinajstić information content (AvgIpc) is 2.47. The molecule has 0 unspecified atom stereocenters. The second-order valence-electron chi connectivity index (χ2n) is 2.57. The standard InChI is InChI=1S/C8H9ClN2O2/c1-6(8(12)13)2-3-11-5-7(9)4-10-11/h2,4-5H,3H2,1H3,(H,12,13). The van der Waals surface area contributed by atoms with Gasteiger partial charge in [-0.2, -0.15) is 5.10 Å². The number of nitrogens with zero attached hydrogens (tertiary/aromatic N) is 2. The number of carboxylic acid groups (broad SMARTS) is 1. The smallest absolute Gasteiger partial charge is 0.331 e. The molecule has 1 rings (SSSR count). The predicted octanol–water partition coefficient (Wildman–Crippen LogP) is 1.57. The van der Waals surface area contributed by atoms with Crippen LogP contribution >= 0.6 is 11.6 Å². The largest absolute Gasteiger partial charge is 0.478 e. The van der Waals surface area contributed by atoms with E-state index in [1.165, 1.54) is 13.1 Å². The second-order valence-corrected chi connectivity index (χ2v) is 3.01. The number of carbonyl (C=O) groups is 1. The summed E-state index contributed by atoms with van der Waals surface area (Å²) in [5.74, 6) is -0.918. The highest BCUT2D eigenvalue weighted by Crippen LogP contribution is 2.04. The molecule has 70 valence electrons. The zero-order chi connectivity index (χ0) is 9.84. The van der Waals surface area contributed by atoms with Crippen molar-refractivity contribution in [1.82, 2.24) is 9.78 Å². The molecule has 4 nitrogen and oxygen atoms in total. The van der Waals surface area contributed by atoms with Crippen molar-refractivity contribution in [3.05, 3.63) is 29.1 Å². The quantitative estimate of drug-likeness (QED) is 0.754. The SMILES string of the molecule is CC(=CCn1cc(Cl)cn1)C(=O)O. The van der Waals surface area contributed by atoms with E-state index in [1.807, 2.05) is 0 Å². The molecule has 0 saturated heterocycles. The highest BCUT2D eigenvalue weighted by molar-refractivity contribution is 6.30. The Bertz CT molecular complexity index is 344. The molecule has 1 aromatic heterocycles. The van der Waals surface area contributed by atoms with E-state index in [9.17, 15) is 4.79 Å². The van der Waals surface area contributed by atoms with Crippen molar-refractivity contribution in [3.63, 3.8) is 0 Å². The molecule has 0 saturated carbocycles. The highest BCUT2D eigenvalue weighted by atomic mass is 35.5. The highest BCUT2D eigenvalue weighted by Gasteiger charge is 1.99. The molecule has 1 N–H and O–H groups in total. The molecule has 13 heavy (non-hydrogen) atoms. The lowest BCUT2D eigenvalue weighted by molar-refractivity contribution is -0.132. The topological polar surface area (TPSA) is 55.1 Å². The number of hydrogen-bond acceptors (Lipinski definition) is 2. The van der Waals surface area contributed by atoms with E-state index in [2.05, 4.69) is 5.10 Å². The predicted molar refractivity (Wildman–Crippen MR) is 48.6 cm³/mol. The number of carboxylic acids is 1. The fraction of sp³-hybridized carbons (Fsp3) is 0.250. The Hall–Kier alpha value is -1.29. The summed E-state index contributed by atoms with van der Waals surface area (Å²) in [5.41, 5.74) is 0.298. The van der Waals surface area contributed by atoms with Crippen molar-refractivity contribution in [2.75, 3.05) is 0 Å². The van der Waals surface area contributed by atoms with Gasteiger partial charge in [-0.05, 0) is 6.92 Å². The van der Waals surface area contributed by atoms with Crippen LogP contribution in [-0.4, -0.2) is 20.9 Å². The minimum atomic E-state index is -0.918. The molecular weight excluding hydrogens is 192 g/mol. The van der Waals surface area contributed by atoms with Crippen molar-refractivity contribution < 1.29 is 9.90 Å². The normalized spacial score (nSPS) is 11.7. The van der Waals surface area contributed by atoms with Crippen LogP contribution in [0.3, 0.4) is 0 Å². The van der Waals surface area contributed by atoms with Gasteiger partial charge in [0.2, 0.25) is 0 Å². The summed E-state index contributed by atoms with van der Waals surface area (Å²) in [4.78, 5) is 10.4. The van der Waals surface area contributed by atoms with Crippen LogP contribution in [0.1, 0.15) is 6.92 Å². The maximum atomic E-state index is 10.4. The number of hydrogen-bond donors (Lipinski definition) is 1. The van der Waals surface area contributed by atoms with Gasteiger partial charge in [0.15, 0.2) is 0 Å². The van der Waals surface area contributed by atoms with Crippen LogP contribution in [0.15, 0.2) is 24.0 Å². The maximum absolute atomic E-state index is 10.4. The fourth-order valence-corrected chi connectivity index (χ4v) is 0.912. The number of rotatable bonds is 3. The Balaban J connectivity index is 2.61. The van der Waals surface area contributed by atoms with Gasteiger partial charge in [0.05, 0.1) is 17.8 Å². The molecule has 0 fully saturated rings. The summed E-state index contributed by atoms with van der Waals surface area (Å²) in [6.07, 6.45) is 4.71. The summed E-state index contributed by atoms with van der Waals surface area (Å²) in [6, 6.07) is 0. The molecule has 1 heterocycles. The zero-order valence-corrected chi connectivity index (χ0v) is 7.82. The van der Waals surface area contributed by atoms with Gasteiger partial charge in [0.1, 0.15) is 0 Å². The van der Waals surface area contributed by atoms with Crippen LogP contribution in [0.4, 0.5) is 0 Å². The lowest BCUT2D eigenvalue weighted by atomic mass is 10.3. The Morgan fingerprint density at radius 1 is 1.85 bits per heavy atom. The van der Waals surface area contributed by atoms with Crippen LogP contribution in [0.5, 0.6) is 0 Å².